The Balaban J connectivity index is 1.63. The molecule has 2 aromatic carbocycles. The molecule has 1 aliphatic rings. The number of benzene rings is 2. The molecule has 0 spiro atoms. The first-order chi connectivity index (χ1) is 12.5. The Labute approximate surface area is 152 Å². The molecule has 2 amide bonds. The van der Waals surface area contributed by atoms with Crippen LogP contribution in [0.4, 0.5) is 4.39 Å². The molecule has 5 nitrogen and oxygen atoms in total. The molecule has 1 aliphatic heterocycles. The van der Waals surface area contributed by atoms with E-state index in [0.717, 1.165) is 18.7 Å². The molecule has 0 radical (unpaired) electrons. The van der Waals surface area contributed by atoms with Crippen LogP contribution in [0.15, 0.2) is 48.5 Å². The van der Waals surface area contributed by atoms with Gasteiger partial charge in [0.1, 0.15) is 5.82 Å². The fourth-order valence-corrected chi connectivity index (χ4v) is 2.87. The zero-order chi connectivity index (χ0) is 18.5. The quantitative estimate of drug-likeness (QED) is 0.914. The standard InChI is InChI=1S/C20H22FN3O2/c1-23-9-11-24(12-10-23)20(26)17-4-2-3-16(13-17)19(25)22-14-15-5-7-18(21)8-6-15/h2-8,13H,9-12,14H2,1H3,(H,22,25). The topological polar surface area (TPSA) is 52.7 Å². The first-order valence-corrected chi connectivity index (χ1v) is 8.63. The van der Waals surface area contributed by atoms with Crippen molar-refractivity contribution in [1.82, 2.24) is 15.1 Å². The summed E-state index contributed by atoms with van der Waals surface area (Å²) in [6, 6.07) is 12.7. The number of hydrogen-bond acceptors (Lipinski definition) is 3. The lowest BCUT2D eigenvalue weighted by Gasteiger charge is -2.32. The van der Waals surface area contributed by atoms with Crippen LogP contribution in [0.2, 0.25) is 0 Å². The minimum atomic E-state index is -0.310. The van der Waals surface area contributed by atoms with E-state index in [1.54, 1.807) is 36.4 Å². The molecule has 0 unspecified atom stereocenters. The highest BCUT2D eigenvalue weighted by molar-refractivity contribution is 5.99. The average molecular weight is 355 g/mol. The summed E-state index contributed by atoms with van der Waals surface area (Å²) in [4.78, 5) is 29.0. The Hall–Kier alpha value is -2.73. The summed E-state index contributed by atoms with van der Waals surface area (Å²) >= 11 is 0. The maximum atomic E-state index is 12.9. The van der Waals surface area contributed by atoms with Crippen molar-refractivity contribution in [3.63, 3.8) is 0 Å². The predicted octanol–water partition coefficient (Wildman–Crippen LogP) is 2.14. The molecule has 0 aromatic heterocycles. The van der Waals surface area contributed by atoms with Gasteiger partial charge in [-0.05, 0) is 42.9 Å². The molecular weight excluding hydrogens is 333 g/mol. The Morgan fingerprint density at radius 2 is 1.65 bits per heavy atom. The monoisotopic (exact) mass is 355 g/mol. The summed E-state index contributed by atoms with van der Waals surface area (Å²) in [6.45, 7) is 3.38. The van der Waals surface area contributed by atoms with Gasteiger partial charge >= 0.3 is 0 Å². The molecule has 0 atom stereocenters. The number of hydrogen-bond donors (Lipinski definition) is 1. The normalized spacial score (nSPS) is 14.9. The summed E-state index contributed by atoms with van der Waals surface area (Å²) in [5.74, 6) is -0.621. The van der Waals surface area contributed by atoms with Crippen molar-refractivity contribution in [3.8, 4) is 0 Å². The van der Waals surface area contributed by atoms with Crippen LogP contribution >= 0.6 is 0 Å². The minimum Gasteiger partial charge on any atom is -0.348 e. The Morgan fingerprint density at radius 1 is 1.00 bits per heavy atom. The lowest BCUT2D eigenvalue weighted by molar-refractivity contribution is 0.0664. The highest BCUT2D eigenvalue weighted by Gasteiger charge is 2.21. The van der Waals surface area contributed by atoms with Gasteiger partial charge < -0.3 is 15.1 Å². The van der Waals surface area contributed by atoms with E-state index in [0.29, 0.717) is 30.8 Å². The zero-order valence-electron chi connectivity index (χ0n) is 14.7. The Bertz CT molecular complexity index is 784. The van der Waals surface area contributed by atoms with Gasteiger partial charge in [0.15, 0.2) is 0 Å². The van der Waals surface area contributed by atoms with Crippen LogP contribution in [0.1, 0.15) is 26.3 Å². The molecule has 1 N–H and O–H groups in total. The first-order valence-electron chi connectivity index (χ1n) is 8.63. The fraction of sp³-hybridized carbons (Fsp3) is 0.300. The van der Waals surface area contributed by atoms with Crippen molar-refractivity contribution in [3.05, 3.63) is 71.0 Å². The van der Waals surface area contributed by atoms with E-state index in [-0.39, 0.29) is 17.6 Å². The van der Waals surface area contributed by atoms with Crippen molar-refractivity contribution in [2.45, 2.75) is 6.54 Å². The largest absolute Gasteiger partial charge is 0.348 e. The summed E-state index contributed by atoms with van der Waals surface area (Å²) in [7, 11) is 2.04. The number of carbonyl (C=O) groups is 2. The van der Waals surface area contributed by atoms with E-state index in [9.17, 15) is 14.0 Å². The molecular formula is C20H22FN3O2. The van der Waals surface area contributed by atoms with Gasteiger partial charge in [-0.3, -0.25) is 9.59 Å². The van der Waals surface area contributed by atoms with Gasteiger partial charge in [-0.25, -0.2) is 4.39 Å². The molecule has 0 saturated carbocycles. The number of amides is 2. The summed E-state index contributed by atoms with van der Waals surface area (Å²) < 4.78 is 12.9. The van der Waals surface area contributed by atoms with Gasteiger partial charge in [-0.2, -0.15) is 0 Å². The second kappa shape index (κ2) is 8.10. The third-order valence-electron chi connectivity index (χ3n) is 4.53. The Kier molecular flexibility index (Phi) is 5.63. The van der Waals surface area contributed by atoms with Crippen LogP contribution in [0.5, 0.6) is 0 Å². The number of nitrogens with zero attached hydrogens (tertiary/aromatic N) is 2. The predicted molar refractivity (Wildman–Crippen MR) is 97.4 cm³/mol. The second-order valence-electron chi connectivity index (χ2n) is 6.49. The third-order valence-corrected chi connectivity index (χ3v) is 4.53. The van der Waals surface area contributed by atoms with Gasteiger partial charge in [0.2, 0.25) is 0 Å². The first kappa shape index (κ1) is 18.1. The van der Waals surface area contributed by atoms with Crippen LogP contribution in [0.3, 0.4) is 0 Å². The van der Waals surface area contributed by atoms with Crippen molar-refractivity contribution >= 4 is 11.8 Å². The number of nitrogens with one attached hydrogen (secondary N) is 1. The second-order valence-corrected chi connectivity index (χ2v) is 6.49. The average Bonchev–Trinajstić information content (AvgIpc) is 2.67. The fourth-order valence-electron chi connectivity index (χ4n) is 2.87. The van der Waals surface area contributed by atoms with E-state index < -0.39 is 0 Å². The van der Waals surface area contributed by atoms with Crippen molar-refractivity contribution in [2.24, 2.45) is 0 Å². The molecule has 1 fully saturated rings. The molecule has 136 valence electrons. The number of halogens is 1. The molecule has 1 saturated heterocycles. The van der Waals surface area contributed by atoms with Crippen LogP contribution in [0.25, 0.3) is 0 Å². The number of likely N-dealkylation sites (N-methyl/N-ethyl adjacent to an activating group) is 1. The molecule has 0 bridgehead atoms. The van der Waals surface area contributed by atoms with Crippen LogP contribution in [-0.2, 0) is 6.54 Å². The van der Waals surface area contributed by atoms with Gasteiger partial charge in [0.05, 0.1) is 0 Å². The lowest BCUT2D eigenvalue weighted by Crippen LogP contribution is -2.47. The summed E-state index contributed by atoms with van der Waals surface area (Å²) in [6.07, 6.45) is 0. The molecule has 3 rings (SSSR count). The lowest BCUT2D eigenvalue weighted by atomic mass is 10.1. The maximum absolute atomic E-state index is 12.9. The highest BCUT2D eigenvalue weighted by atomic mass is 19.1. The Morgan fingerprint density at radius 3 is 2.35 bits per heavy atom. The summed E-state index contributed by atoms with van der Waals surface area (Å²) in [5, 5.41) is 2.79. The molecule has 1 heterocycles. The van der Waals surface area contributed by atoms with Crippen molar-refractivity contribution in [1.29, 1.82) is 0 Å². The molecule has 26 heavy (non-hydrogen) atoms. The van der Waals surface area contributed by atoms with E-state index in [1.165, 1.54) is 12.1 Å². The minimum absolute atomic E-state index is 0.0497. The SMILES string of the molecule is CN1CCN(C(=O)c2cccc(C(=O)NCc3ccc(F)cc3)c2)CC1. The number of piperazine rings is 1. The van der Waals surface area contributed by atoms with Crippen LogP contribution in [-0.4, -0.2) is 54.8 Å². The molecule has 0 aliphatic carbocycles. The van der Waals surface area contributed by atoms with E-state index in [4.69, 9.17) is 0 Å². The third kappa shape index (κ3) is 4.46. The highest BCUT2D eigenvalue weighted by Crippen LogP contribution is 2.11. The summed E-state index contributed by atoms with van der Waals surface area (Å²) in [5.41, 5.74) is 1.76. The zero-order valence-corrected chi connectivity index (χ0v) is 14.7. The van der Waals surface area contributed by atoms with Crippen molar-refractivity contribution in [2.75, 3.05) is 33.2 Å². The van der Waals surface area contributed by atoms with Gasteiger partial charge in [-0.1, -0.05) is 18.2 Å². The van der Waals surface area contributed by atoms with E-state index >= 15 is 0 Å². The molecule has 2 aromatic rings. The smallest absolute Gasteiger partial charge is 0.253 e. The van der Waals surface area contributed by atoms with E-state index in [1.807, 2.05) is 11.9 Å². The van der Waals surface area contributed by atoms with Gasteiger partial charge in [0, 0.05) is 43.9 Å². The van der Waals surface area contributed by atoms with E-state index in [2.05, 4.69) is 10.2 Å². The van der Waals surface area contributed by atoms with Crippen LogP contribution < -0.4 is 5.32 Å². The maximum Gasteiger partial charge on any atom is 0.253 e. The van der Waals surface area contributed by atoms with Crippen LogP contribution in [0, 0.1) is 5.82 Å². The molecule has 6 heteroatoms. The van der Waals surface area contributed by atoms with Gasteiger partial charge in [-0.15, -0.1) is 0 Å². The number of carbonyl (C=O) groups excluding carboxylic acids is 2. The number of rotatable bonds is 4. The van der Waals surface area contributed by atoms with Crippen molar-refractivity contribution < 1.29 is 14.0 Å². The van der Waals surface area contributed by atoms with Gasteiger partial charge in [0.25, 0.3) is 11.8 Å².